The van der Waals surface area contributed by atoms with Gasteiger partial charge >= 0.3 is 5.97 Å². The molecule has 0 spiro atoms. The fourth-order valence-electron chi connectivity index (χ4n) is 1.81. The topological polar surface area (TPSA) is 50.2 Å². The first-order valence-electron chi connectivity index (χ1n) is 5.80. The molecule has 0 radical (unpaired) electrons. The highest BCUT2D eigenvalue weighted by Crippen LogP contribution is 2.28. The Labute approximate surface area is 110 Å². The van der Waals surface area contributed by atoms with Crippen LogP contribution in [0.5, 0.6) is 0 Å². The number of aromatic carboxylic acids is 1. The van der Waals surface area contributed by atoms with E-state index in [-0.39, 0.29) is 5.92 Å². The van der Waals surface area contributed by atoms with E-state index in [9.17, 15) is 4.79 Å². The number of hydrogen-bond acceptors (Lipinski definition) is 3. The Morgan fingerprint density at radius 3 is 2.50 bits per heavy atom. The van der Waals surface area contributed by atoms with Gasteiger partial charge in [-0.05, 0) is 37.1 Å². The Balaban J connectivity index is 2.53. The lowest BCUT2D eigenvalue weighted by Crippen LogP contribution is -2.06. The van der Waals surface area contributed by atoms with Crippen molar-refractivity contribution in [1.29, 1.82) is 0 Å². The minimum absolute atomic E-state index is 0.0945. The van der Waals surface area contributed by atoms with Gasteiger partial charge < -0.3 is 5.11 Å². The van der Waals surface area contributed by atoms with Crippen LogP contribution in [0.4, 0.5) is 0 Å². The van der Waals surface area contributed by atoms with Crippen LogP contribution in [-0.4, -0.2) is 16.1 Å². The quantitative estimate of drug-likeness (QED) is 0.910. The van der Waals surface area contributed by atoms with Crippen LogP contribution in [0.15, 0.2) is 24.3 Å². The van der Waals surface area contributed by atoms with Crippen LogP contribution in [0.1, 0.15) is 40.7 Å². The average molecular weight is 261 g/mol. The van der Waals surface area contributed by atoms with Gasteiger partial charge in [0.2, 0.25) is 0 Å². The smallest absolute Gasteiger partial charge is 0.337 e. The number of carboxylic acids is 1. The van der Waals surface area contributed by atoms with Gasteiger partial charge in [0.1, 0.15) is 0 Å². The minimum atomic E-state index is -0.917. The van der Waals surface area contributed by atoms with Gasteiger partial charge in [-0.15, -0.1) is 11.3 Å². The summed E-state index contributed by atoms with van der Waals surface area (Å²) < 4.78 is 0. The summed E-state index contributed by atoms with van der Waals surface area (Å²) >= 11 is 1.67. The molecule has 1 N–H and O–H groups in total. The monoisotopic (exact) mass is 261 g/mol. The van der Waals surface area contributed by atoms with Gasteiger partial charge in [0.15, 0.2) is 0 Å². The largest absolute Gasteiger partial charge is 0.478 e. The van der Waals surface area contributed by atoms with Crippen LogP contribution in [0.2, 0.25) is 0 Å². The Kier molecular flexibility index (Phi) is 3.48. The van der Waals surface area contributed by atoms with Crippen LogP contribution in [-0.2, 0) is 0 Å². The molecule has 0 amide bonds. The Morgan fingerprint density at radius 1 is 1.28 bits per heavy atom. The summed E-state index contributed by atoms with van der Waals surface area (Å²) in [6.45, 7) is 5.96. The molecule has 2 aromatic rings. The molecule has 2 aromatic heterocycles. The third-order valence-corrected chi connectivity index (χ3v) is 3.72. The molecule has 0 unspecified atom stereocenters. The molecule has 0 aliphatic heterocycles. The molecule has 4 heteroatoms. The zero-order valence-corrected chi connectivity index (χ0v) is 11.4. The molecule has 0 fully saturated rings. The van der Waals surface area contributed by atoms with Gasteiger partial charge in [-0.1, -0.05) is 13.8 Å². The molecule has 18 heavy (non-hydrogen) atoms. The summed E-state index contributed by atoms with van der Waals surface area (Å²) in [7, 11) is 0. The molecule has 0 saturated heterocycles. The summed E-state index contributed by atoms with van der Waals surface area (Å²) in [4.78, 5) is 17.9. The number of thiophene rings is 1. The van der Waals surface area contributed by atoms with E-state index in [2.05, 4.69) is 4.98 Å². The number of hydrogen-bond donors (Lipinski definition) is 1. The summed E-state index contributed by atoms with van der Waals surface area (Å²) in [5.41, 5.74) is 1.79. The molecule has 0 saturated carbocycles. The summed E-state index contributed by atoms with van der Waals surface area (Å²) in [5.74, 6) is -0.822. The summed E-state index contributed by atoms with van der Waals surface area (Å²) in [6, 6.07) is 7.49. The molecule has 0 aliphatic carbocycles. The number of carboxylic acid groups (broad SMARTS) is 1. The number of nitrogens with zero attached hydrogens (tertiary/aromatic N) is 1. The summed E-state index contributed by atoms with van der Waals surface area (Å²) in [5, 5.41) is 9.14. The van der Waals surface area contributed by atoms with Gasteiger partial charge in [0.25, 0.3) is 0 Å². The van der Waals surface area contributed by atoms with Gasteiger partial charge in [-0.3, -0.25) is 4.98 Å². The maximum Gasteiger partial charge on any atom is 0.337 e. The number of aromatic nitrogens is 1. The van der Waals surface area contributed by atoms with Gasteiger partial charge in [0, 0.05) is 4.88 Å². The van der Waals surface area contributed by atoms with E-state index in [4.69, 9.17) is 5.11 Å². The van der Waals surface area contributed by atoms with E-state index in [0.29, 0.717) is 11.3 Å². The molecule has 2 rings (SSSR count). The van der Waals surface area contributed by atoms with Crippen molar-refractivity contribution >= 4 is 17.3 Å². The molecular weight excluding hydrogens is 246 g/mol. The standard InChI is InChI=1S/C14H15NO2S/c1-8(2)13-10(14(16)17)5-6-11(15-13)12-7-4-9(3)18-12/h4-8H,1-3H3,(H,16,17). The van der Waals surface area contributed by atoms with Crippen molar-refractivity contribution in [3.63, 3.8) is 0 Å². The number of rotatable bonds is 3. The van der Waals surface area contributed by atoms with E-state index in [1.165, 1.54) is 4.88 Å². The molecule has 3 nitrogen and oxygen atoms in total. The van der Waals surface area contributed by atoms with Crippen molar-refractivity contribution in [2.75, 3.05) is 0 Å². The second-order valence-electron chi connectivity index (χ2n) is 4.50. The molecule has 0 aliphatic rings. The number of pyridine rings is 1. The Hall–Kier alpha value is -1.68. The highest BCUT2D eigenvalue weighted by Gasteiger charge is 2.16. The normalized spacial score (nSPS) is 10.9. The van der Waals surface area contributed by atoms with Crippen LogP contribution in [0.25, 0.3) is 10.6 Å². The molecule has 0 atom stereocenters. The van der Waals surface area contributed by atoms with E-state index in [1.54, 1.807) is 23.5 Å². The van der Waals surface area contributed by atoms with Gasteiger partial charge in [-0.25, -0.2) is 4.79 Å². The van der Waals surface area contributed by atoms with Gasteiger partial charge in [-0.2, -0.15) is 0 Å². The van der Waals surface area contributed by atoms with E-state index in [0.717, 1.165) is 10.6 Å². The third-order valence-electron chi connectivity index (χ3n) is 2.69. The lowest BCUT2D eigenvalue weighted by atomic mass is 10.0. The first-order valence-corrected chi connectivity index (χ1v) is 6.61. The average Bonchev–Trinajstić information content (AvgIpc) is 2.75. The molecule has 94 valence electrons. The van der Waals surface area contributed by atoms with Crippen LogP contribution in [0.3, 0.4) is 0 Å². The van der Waals surface area contributed by atoms with Crippen LogP contribution < -0.4 is 0 Å². The first kappa shape index (κ1) is 12.8. The lowest BCUT2D eigenvalue weighted by Gasteiger charge is -2.10. The maximum atomic E-state index is 11.1. The fraction of sp³-hybridized carbons (Fsp3) is 0.286. The Bertz CT molecular complexity index is 587. The predicted octanol–water partition coefficient (Wildman–Crippen LogP) is 3.94. The van der Waals surface area contributed by atoms with Crippen molar-refractivity contribution < 1.29 is 9.90 Å². The van der Waals surface area contributed by atoms with Crippen molar-refractivity contribution in [1.82, 2.24) is 4.98 Å². The zero-order valence-electron chi connectivity index (χ0n) is 10.6. The highest BCUT2D eigenvalue weighted by molar-refractivity contribution is 7.15. The van der Waals surface area contributed by atoms with E-state index >= 15 is 0 Å². The van der Waals surface area contributed by atoms with Crippen molar-refractivity contribution in [2.24, 2.45) is 0 Å². The summed E-state index contributed by atoms with van der Waals surface area (Å²) in [6.07, 6.45) is 0. The molecule has 0 aromatic carbocycles. The molecule has 0 bridgehead atoms. The van der Waals surface area contributed by atoms with Crippen molar-refractivity contribution in [3.05, 3.63) is 40.4 Å². The van der Waals surface area contributed by atoms with E-state index in [1.807, 2.05) is 32.9 Å². The predicted molar refractivity (Wildman–Crippen MR) is 73.3 cm³/mol. The number of aryl methyl sites for hydroxylation is 1. The molecule has 2 heterocycles. The second-order valence-corrected chi connectivity index (χ2v) is 5.79. The first-order chi connectivity index (χ1) is 8.49. The lowest BCUT2D eigenvalue weighted by molar-refractivity contribution is 0.0694. The maximum absolute atomic E-state index is 11.1. The van der Waals surface area contributed by atoms with Crippen LogP contribution >= 0.6 is 11.3 Å². The van der Waals surface area contributed by atoms with E-state index < -0.39 is 5.97 Å². The number of carbonyl (C=O) groups is 1. The molecular formula is C14H15NO2S. The fourth-order valence-corrected chi connectivity index (χ4v) is 2.64. The Morgan fingerprint density at radius 2 is 2.00 bits per heavy atom. The second kappa shape index (κ2) is 4.90. The highest BCUT2D eigenvalue weighted by atomic mass is 32.1. The van der Waals surface area contributed by atoms with Crippen LogP contribution in [0, 0.1) is 6.92 Å². The van der Waals surface area contributed by atoms with Crippen molar-refractivity contribution in [2.45, 2.75) is 26.7 Å². The zero-order chi connectivity index (χ0) is 13.3. The third kappa shape index (κ3) is 2.43. The minimum Gasteiger partial charge on any atom is -0.478 e. The van der Waals surface area contributed by atoms with Gasteiger partial charge in [0.05, 0.1) is 21.8 Å². The van der Waals surface area contributed by atoms with Crippen molar-refractivity contribution in [3.8, 4) is 10.6 Å². The SMILES string of the molecule is Cc1ccc(-c2ccc(C(=O)O)c(C(C)C)n2)s1.